The third kappa shape index (κ3) is 6.24. The van der Waals surface area contributed by atoms with E-state index in [0.717, 1.165) is 24.3 Å². The zero-order valence-corrected chi connectivity index (χ0v) is 17.2. The molecule has 0 bridgehead atoms. The number of nitrogens with one attached hydrogen (secondary N) is 2. The molecule has 0 aliphatic carbocycles. The standard InChI is InChI=1S/C23H29N3O3/c1-17-6-11-21(14-18(17)2)29-16-23(28)24-15-22(27)25-19-7-9-20(10-8-19)26-12-4-3-5-13-26/h6-11,14H,3-5,12-13,15-16H2,1-2H3,(H,24,28)(H,25,27). The van der Waals surface area contributed by atoms with E-state index in [1.54, 1.807) is 0 Å². The van der Waals surface area contributed by atoms with Gasteiger partial charge in [-0.2, -0.15) is 0 Å². The zero-order chi connectivity index (χ0) is 20.6. The molecule has 0 spiro atoms. The fourth-order valence-corrected chi connectivity index (χ4v) is 3.30. The maximum Gasteiger partial charge on any atom is 0.258 e. The highest BCUT2D eigenvalue weighted by Gasteiger charge is 2.11. The van der Waals surface area contributed by atoms with Crippen molar-refractivity contribution in [2.24, 2.45) is 0 Å². The molecule has 2 amide bonds. The predicted molar refractivity (Wildman–Crippen MR) is 116 cm³/mol. The van der Waals surface area contributed by atoms with E-state index in [0.29, 0.717) is 5.75 Å². The van der Waals surface area contributed by atoms with E-state index in [9.17, 15) is 9.59 Å². The molecule has 0 atom stereocenters. The van der Waals surface area contributed by atoms with Gasteiger partial charge in [-0.05, 0) is 80.6 Å². The Morgan fingerprint density at radius 3 is 2.34 bits per heavy atom. The maximum atomic E-state index is 12.1. The van der Waals surface area contributed by atoms with Gasteiger partial charge in [-0.15, -0.1) is 0 Å². The number of piperidine rings is 1. The number of hydrogen-bond donors (Lipinski definition) is 2. The quantitative estimate of drug-likeness (QED) is 0.754. The smallest absolute Gasteiger partial charge is 0.258 e. The van der Waals surface area contributed by atoms with Crippen molar-refractivity contribution < 1.29 is 14.3 Å². The van der Waals surface area contributed by atoms with Gasteiger partial charge in [-0.1, -0.05) is 6.07 Å². The van der Waals surface area contributed by atoms with Crippen LogP contribution in [0.5, 0.6) is 5.75 Å². The molecule has 6 nitrogen and oxygen atoms in total. The van der Waals surface area contributed by atoms with Crippen LogP contribution in [0.2, 0.25) is 0 Å². The Morgan fingerprint density at radius 1 is 0.931 bits per heavy atom. The topological polar surface area (TPSA) is 70.7 Å². The molecule has 0 aromatic heterocycles. The molecule has 154 valence electrons. The number of rotatable bonds is 7. The third-order valence-electron chi connectivity index (χ3n) is 5.17. The van der Waals surface area contributed by atoms with Gasteiger partial charge in [0.25, 0.3) is 5.91 Å². The summed E-state index contributed by atoms with van der Waals surface area (Å²) in [6.45, 7) is 5.96. The number of anilines is 2. The Bertz CT molecular complexity index is 843. The minimum absolute atomic E-state index is 0.0943. The van der Waals surface area contributed by atoms with Crippen LogP contribution in [-0.2, 0) is 9.59 Å². The second kappa shape index (κ2) is 9.96. The van der Waals surface area contributed by atoms with Crippen molar-refractivity contribution in [1.29, 1.82) is 0 Å². The number of carbonyl (C=O) groups is 2. The van der Waals surface area contributed by atoms with Gasteiger partial charge in [0.05, 0.1) is 6.54 Å². The SMILES string of the molecule is Cc1ccc(OCC(=O)NCC(=O)Nc2ccc(N3CCCCC3)cc2)cc1C. The maximum absolute atomic E-state index is 12.1. The summed E-state index contributed by atoms with van der Waals surface area (Å²) in [5.74, 6) is 0.0376. The van der Waals surface area contributed by atoms with Crippen LogP contribution in [0.4, 0.5) is 11.4 Å². The van der Waals surface area contributed by atoms with Crippen molar-refractivity contribution in [2.45, 2.75) is 33.1 Å². The molecule has 6 heteroatoms. The van der Waals surface area contributed by atoms with Crippen LogP contribution >= 0.6 is 0 Å². The van der Waals surface area contributed by atoms with Crippen LogP contribution in [0.25, 0.3) is 0 Å². The summed E-state index contributed by atoms with van der Waals surface area (Å²) in [7, 11) is 0. The fourth-order valence-electron chi connectivity index (χ4n) is 3.30. The van der Waals surface area contributed by atoms with Gasteiger partial charge in [-0.3, -0.25) is 9.59 Å². The van der Waals surface area contributed by atoms with Crippen molar-refractivity contribution in [3.8, 4) is 5.75 Å². The molecule has 0 saturated carbocycles. The van der Waals surface area contributed by atoms with Crippen molar-refractivity contribution in [1.82, 2.24) is 5.32 Å². The van der Waals surface area contributed by atoms with Crippen molar-refractivity contribution in [2.75, 3.05) is 36.5 Å². The zero-order valence-electron chi connectivity index (χ0n) is 17.2. The van der Waals surface area contributed by atoms with Gasteiger partial charge in [-0.25, -0.2) is 0 Å². The monoisotopic (exact) mass is 395 g/mol. The van der Waals surface area contributed by atoms with Gasteiger partial charge in [0.15, 0.2) is 6.61 Å². The number of benzene rings is 2. The lowest BCUT2D eigenvalue weighted by molar-refractivity contribution is -0.125. The molecule has 1 aliphatic heterocycles. The van der Waals surface area contributed by atoms with Crippen molar-refractivity contribution in [3.63, 3.8) is 0 Å². The summed E-state index contributed by atoms with van der Waals surface area (Å²) in [6.07, 6.45) is 3.75. The molecule has 0 unspecified atom stereocenters. The highest BCUT2D eigenvalue weighted by atomic mass is 16.5. The molecule has 2 aromatic carbocycles. The number of aryl methyl sites for hydroxylation is 2. The summed E-state index contributed by atoms with van der Waals surface area (Å²) in [5.41, 5.74) is 4.17. The Kier molecular flexibility index (Phi) is 7.11. The Labute approximate surface area is 172 Å². The van der Waals surface area contributed by atoms with E-state index in [1.807, 2.05) is 56.3 Å². The predicted octanol–water partition coefficient (Wildman–Crippen LogP) is 3.43. The fraction of sp³-hybridized carbons (Fsp3) is 0.391. The molecular formula is C23H29N3O3. The third-order valence-corrected chi connectivity index (χ3v) is 5.17. The number of nitrogens with zero attached hydrogens (tertiary/aromatic N) is 1. The molecule has 0 radical (unpaired) electrons. The summed E-state index contributed by atoms with van der Waals surface area (Å²) < 4.78 is 5.48. The largest absolute Gasteiger partial charge is 0.484 e. The summed E-state index contributed by atoms with van der Waals surface area (Å²) in [6, 6.07) is 13.5. The van der Waals surface area contributed by atoms with E-state index in [-0.39, 0.29) is 25.0 Å². The van der Waals surface area contributed by atoms with Gasteiger partial charge in [0, 0.05) is 24.5 Å². The molecular weight excluding hydrogens is 366 g/mol. The van der Waals surface area contributed by atoms with E-state index in [1.165, 1.54) is 30.5 Å². The number of ether oxygens (including phenoxy) is 1. The Hall–Kier alpha value is -3.02. The van der Waals surface area contributed by atoms with E-state index < -0.39 is 0 Å². The molecule has 2 N–H and O–H groups in total. The highest BCUT2D eigenvalue weighted by Crippen LogP contribution is 2.21. The molecule has 3 rings (SSSR count). The van der Waals surface area contributed by atoms with Gasteiger partial charge < -0.3 is 20.3 Å². The van der Waals surface area contributed by atoms with Gasteiger partial charge in [0.1, 0.15) is 5.75 Å². The second-order valence-electron chi connectivity index (χ2n) is 7.45. The first-order chi connectivity index (χ1) is 14.0. The van der Waals surface area contributed by atoms with Gasteiger partial charge in [0.2, 0.25) is 5.91 Å². The summed E-state index contributed by atoms with van der Waals surface area (Å²) in [5, 5.41) is 5.38. The molecule has 1 fully saturated rings. The normalized spacial score (nSPS) is 13.7. The van der Waals surface area contributed by atoms with Crippen LogP contribution in [0, 0.1) is 13.8 Å². The van der Waals surface area contributed by atoms with E-state index >= 15 is 0 Å². The minimum atomic E-state index is -0.334. The minimum Gasteiger partial charge on any atom is -0.484 e. The van der Waals surface area contributed by atoms with Crippen LogP contribution in [0.3, 0.4) is 0 Å². The van der Waals surface area contributed by atoms with Gasteiger partial charge >= 0.3 is 0 Å². The molecule has 2 aromatic rings. The van der Waals surface area contributed by atoms with Crippen LogP contribution in [-0.4, -0.2) is 38.1 Å². The van der Waals surface area contributed by atoms with Crippen molar-refractivity contribution in [3.05, 3.63) is 53.6 Å². The van der Waals surface area contributed by atoms with E-state index in [4.69, 9.17) is 4.74 Å². The molecule has 29 heavy (non-hydrogen) atoms. The first kappa shape index (κ1) is 20.7. The van der Waals surface area contributed by atoms with Crippen molar-refractivity contribution >= 4 is 23.2 Å². The molecule has 1 aliphatic rings. The number of carbonyl (C=O) groups excluding carboxylic acids is 2. The lowest BCUT2D eigenvalue weighted by atomic mass is 10.1. The van der Waals surface area contributed by atoms with E-state index in [2.05, 4.69) is 15.5 Å². The Balaban J connectivity index is 1.39. The molecule has 1 heterocycles. The Morgan fingerprint density at radius 2 is 1.66 bits per heavy atom. The molecule has 1 saturated heterocycles. The lowest BCUT2D eigenvalue weighted by Gasteiger charge is -2.28. The van der Waals surface area contributed by atoms with Crippen LogP contribution in [0.1, 0.15) is 30.4 Å². The first-order valence-electron chi connectivity index (χ1n) is 10.1. The van der Waals surface area contributed by atoms with Crippen LogP contribution < -0.4 is 20.3 Å². The number of amides is 2. The first-order valence-corrected chi connectivity index (χ1v) is 10.1. The average molecular weight is 396 g/mol. The second-order valence-corrected chi connectivity index (χ2v) is 7.45. The van der Waals surface area contributed by atoms with Crippen LogP contribution in [0.15, 0.2) is 42.5 Å². The summed E-state index contributed by atoms with van der Waals surface area (Å²) in [4.78, 5) is 26.4. The lowest BCUT2D eigenvalue weighted by Crippen LogP contribution is -2.35. The highest BCUT2D eigenvalue weighted by molar-refractivity contribution is 5.94. The average Bonchev–Trinajstić information content (AvgIpc) is 2.74. The number of hydrogen-bond acceptors (Lipinski definition) is 4. The summed E-state index contributed by atoms with van der Waals surface area (Å²) >= 11 is 0.